The molecule has 1 aromatic carbocycles. The van der Waals surface area contributed by atoms with Gasteiger partial charge in [0.1, 0.15) is 17.1 Å². The Morgan fingerprint density at radius 3 is 2.58 bits per heavy atom. The van der Waals surface area contributed by atoms with Crippen molar-refractivity contribution in [1.29, 1.82) is 0 Å². The molecule has 4 heteroatoms. The van der Waals surface area contributed by atoms with Gasteiger partial charge in [-0.15, -0.1) is 0 Å². The number of benzene rings is 1. The molecule has 0 amide bonds. The van der Waals surface area contributed by atoms with Gasteiger partial charge in [-0.2, -0.15) is 0 Å². The van der Waals surface area contributed by atoms with E-state index in [0.717, 1.165) is 15.6 Å². The minimum atomic E-state index is -0.151. The van der Waals surface area contributed by atoms with Crippen molar-refractivity contribution in [2.24, 2.45) is 0 Å². The fourth-order valence-electron chi connectivity index (χ4n) is 2.12. The van der Waals surface area contributed by atoms with Crippen LogP contribution in [-0.2, 0) is 0 Å². The Morgan fingerprint density at radius 1 is 1.11 bits per heavy atom. The molecule has 0 unspecified atom stereocenters. The van der Waals surface area contributed by atoms with Gasteiger partial charge in [0.15, 0.2) is 5.76 Å². The number of hydrogen-bond donors (Lipinski definition) is 0. The van der Waals surface area contributed by atoms with Gasteiger partial charge in [-0.3, -0.25) is 4.79 Å². The Bertz CT molecular complexity index is 780. The number of rotatable bonds is 2. The van der Waals surface area contributed by atoms with E-state index >= 15 is 0 Å². The third-order valence-corrected chi connectivity index (χ3v) is 3.48. The number of aryl methyl sites for hydroxylation is 2. The molecule has 3 aromatic rings. The first-order valence-corrected chi connectivity index (χ1v) is 6.65. The lowest BCUT2D eigenvalue weighted by Gasteiger charge is -1.93. The molecule has 19 heavy (non-hydrogen) atoms. The first kappa shape index (κ1) is 12.2. The van der Waals surface area contributed by atoms with E-state index in [0.29, 0.717) is 22.7 Å². The van der Waals surface area contributed by atoms with E-state index in [2.05, 4.69) is 15.9 Å². The Labute approximate surface area is 118 Å². The van der Waals surface area contributed by atoms with Crippen LogP contribution in [0.4, 0.5) is 0 Å². The second-order valence-corrected chi connectivity index (χ2v) is 5.36. The van der Waals surface area contributed by atoms with Crippen molar-refractivity contribution in [3.63, 3.8) is 0 Å². The predicted octanol–water partition coefficient (Wildman–Crippen LogP) is 4.64. The summed E-state index contributed by atoms with van der Waals surface area (Å²) in [6, 6.07) is 9.13. The van der Waals surface area contributed by atoms with Gasteiger partial charge in [-0.25, -0.2) is 0 Å². The van der Waals surface area contributed by atoms with E-state index in [1.165, 1.54) is 0 Å². The summed E-state index contributed by atoms with van der Waals surface area (Å²) >= 11 is 3.40. The van der Waals surface area contributed by atoms with Crippen LogP contribution in [0.3, 0.4) is 0 Å². The van der Waals surface area contributed by atoms with Gasteiger partial charge >= 0.3 is 0 Å². The summed E-state index contributed by atoms with van der Waals surface area (Å²) < 4.78 is 11.9. The molecule has 0 fully saturated rings. The maximum atomic E-state index is 12.4. The fourth-order valence-corrected chi connectivity index (χ4v) is 2.49. The SMILES string of the molecule is Cc1cc(C(=O)c2cc3cc(Br)ccc3o2)c(C)o1. The first-order valence-electron chi connectivity index (χ1n) is 5.85. The second kappa shape index (κ2) is 4.38. The van der Waals surface area contributed by atoms with Crippen LogP contribution in [0.5, 0.6) is 0 Å². The zero-order valence-corrected chi connectivity index (χ0v) is 12.1. The number of furan rings is 2. The number of hydrogen-bond acceptors (Lipinski definition) is 3. The van der Waals surface area contributed by atoms with E-state index in [9.17, 15) is 4.79 Å². The Balaban J connectivity index is 2.09. The molecule has 0 aliphatic carbocycles. The molecule has 96 valence electrons. The summed E-state index contributed by atoms with van der Waals surface area (Å²) in [6.07, 6.45) is 0. The molecular weight excluding hydrogens is 308 g/mol. The summed E-state index contributed by atoms with van der Waals surface area (Å²) in [5.74, 6) is 1.52. The van der Waals surface area contributed by atoms with Crippen LogP contribution >= 0.6 is 15.9 Å². The van der Waals surface area contributed by atoms with Gasteiger partial charge in [-0.05, 0) is 44.2 Å². The molecule has 3 rings (SSSR count). The normalized spacial score (nSPS) is 11.1. The molecule has 0 saturated heterocycles. The van der Waals surface area contributed by atoms with Crippen molar-refractivity contribution in [3.05, 3.63) is 57.6 Å². The molecule has 0 aliphatic rings. The topological polar surface area (TPSA) is 43.4 Å². The van der Waals surface area contributed by atoms with Crippen LogP contribution in [0.2, 0.25) is 0 Å². The third-order valence-electron chi connectivity index (χ3n) is 2.99. The molecule has 2 aromatic heterocycles. The monoisotopic (exact) mass is 318 g/mol. The van der Waals surface area contributed by atoms with Gasteiger partial charge in [0.2, 0.25) is 5.78 Å². The van der Waals surface area contributed by atoms with Crippen molar-refractivity contribution < 1.29 is 13.6 Å². The lowest BCUT2D eigenvalue weighted by molar-refractivity contribution is 0.101. The van der Waals surface area contributed by atoms with Crippen molar-refractivity contribution in [3.8, 4) is 0 Å². The standard InChI is InChI=1S/C15H11BrO3/c1-8-5-12(9(2)18-8)15(17)14-7-10-6-11(16)3-4-13(10)19-14/h3-7H,1-2H3. The lowest BCUT2D eigenvalue weighted by atomic mass is 10.1. The molecule has 0 aliphatic heterocycles. The van der Waals surface area contributed by atoms with Crippen LogP contribution in [0.15, 0.2) is 43.6 Å². The Kier molecular flexibility index (Phi) is 2.82. The number of carbonyl (C=O) groups is 1. The largest absolute Gasteiger partial charge is 0.466 e. The first-order chi connectivity index (χ1) is 9.04. The summed E-state index contributed by atoms with van der Waals surface area (Å²) in [4.78, 5) is 12.4. The maximum Gasteiger partial charge on any atom is 0.231 e. The molecule has 0 radical (unpaired) electrons. The number of carbonyl (C=O) groups excluding carboxylic acids is 1. The van der Waals surface area contributed by atoms with Crippen molar-refractivity contribution in [2.75, 3.05) is 0 Å². The average Bonchev–Trinajstić information content (AvgIpc) is 2.91. The molecule has 2 heterocycles. The molecule has 0 N–H and O–H groups in total. The molecule has 0 saturated carbocycles. The fraction of sp³-hybridized carbons (Fsp3) is 0.133. The van der Waals surface area contributed by atoms with Crippen LogP contribution in [-0.4, -0.2) is 5.78 Å². The van der Waals surface area contributed by atoms with Crippen molar-refractivity contribution in [1.82, 2.24) is 0 Å². The number of ketones is 1. The molecule has 0 bridgehead atoms. The smallest absolute Gasteiger partial charge is 0.231 e. The summed E-state index contributed by atoms with van der Waals surface area (Å²) in [6.45, 7) is 3.60. The van der Waals surface area contributed by atoms with Crippen molar-refractivity contribution >= 4 is 32.7 Å². The highest BCUT2D eigenvalue weighted by atomic mass is 79.9. The summed E-state index contributed by atoms with van der Waals surface area (Å²) in [5, 5.41) is 0.899. The van der Waals surface area contributed by atoms with Crippen LogP contribution in [0.1, 0.15) is 27.6 Å². The maximum absolute atomic E-state index is 12.4. The lowest BCUT2D eigenvalue weighted by Crippen LogP contribution is -1.99. The van der Waals surface area contributed by atoms with Gasteiger partial charge in [0.05, 0.1) is 5.56 Å². The second-order valence-electron chi connectivity index (χ2n) is 4.45. The van der Waals surface area contributed by atoms with Gasteiger partial charge in [0.25, 0.3) is 0 Å². The van der Waals surface area contributed by atoms with E-state index in [1.807, 2.05) is 25.1 Å². The minimum Gasteiger partial charge on any atom is -0.466 e. The zero-order chi connectivity index (χ0) is 13.6. The predicted molar refractivity (Wildman–Crippen MR) is 75.5 cm³/mol. The van der Waals surface area contributed by atoms with E-state index in [4.69, 9.17) is 8.83 Å². The molecule has 3 nitrogen and oxygen atoms in total. The molecule has 0 spiro atoms. The van der Waals surface area contributed by atoms with Crippen LogP contribution < -0.4 is 0 Å². The van der Waals surface area contributed by atoms with Gasteiger partial charge < -0.3 is 8.83 Å². The van der Waals surface area contributed by atoms with Crippen LogP contribution in [0, 0.1) is 13.8 Å². The van der Waals surface area contributed by atoms with E-state index in [1.54, 1.807) is 19.1 Å². The minimum absolute atomic E-state index is 0.151. The summed E-state index contributed by atoms with van der Waals surface area (Å²) in [7, 11) is 0. The Hall–Kier alpha value is -1.81. The molecule has 0 atom stereocenters. The Morgan fingerprint density at radius 2 is 1.89 bits per heavy atom. The highest BCUT2D eigenvalue weighted by Gasteiger charge is 2.19. The van der Waals surface area contributed by atoms with E-state index < -0.39 is 0 Å². The zero-order valence-electron chi connectivity index (χ0n) is 10.5. The van der Waals surface area contributed by atoms with Gasteiger partial charge in [0, 0.05) is 9.86 Å². The van der Waals surface area contributed by atoms with Crippen LogP contribution in [0.25, 0.3) is 11.0 Å². The van der Waals surface area contributed by atoms with Crippen molar-refractivity contribution in [2.45, 2.75) is 13.8 Å². The number of fused-ring (bicyclic) bond motifs is 1. The van der Waals surface area contributed by atoms with Gasteiger partial charge in [-0.1, -0.05) is 15.9 Å². The number of halogens is 1. The highest BCUT2D eigenvalue weighted by molar-refractivity contribution is 9.10. The quantitative estimate of drug-likeness (QED) is 0.647. The molecular formula is C15H11BrO3. The summed E-state index contributed by atoms with van der Waals surface area (Å²) in [5.41, 5.74) is 1.25. The average molecular weight is 319 g/mol. The highest BCUT2D eigenvalue weighted by Crippen LogP contribution is 2.26. The van der Waals surface area contributed by atoms with E-state index in [-0.39, 0.29) is 5.78 Å². The third kappa shape index (κ3) is 2.12.